The molecule has 0 heterocycles. The predicted molar refractivity (Wildman–Crippen MR) is 66.3 cm³/mol. The highest BCUT2D eigenvalue weighted by Gasteiger charge is 2.07. The Morgan fingerprint density at radius 1 is 1.59 bits per heavy atom. The molecule has 17 heavy (non-hydrogen) atoms. The Hall–Kier alpha value is -1.66. The summed E-state index contributed by atoms with van der Waals surface area (Å²) in [6.07, 6.45) is 0. The SMILES string of the molecule is COCCN=C(NN)N(C)c1cccc(F)c1. The van der Waals surface area contributed by atoms with Crippen molar-refractivity contribution < 1.29 is 9.13 Å². The highest BCUT2D eigenvalue weighted by atomic mass is 19.1. The molecule has 0 bridgehead atoms. The van der Waals surface area contributed by atoms with Crippen LogP contribution in [0, 0.1) is 5.82 Å². The molecule has 0 atom stereocenters. The van der Waals surface area contributed by atoms with Gasteiger partial charge in [-0.1, -0.05) is 6.07 Å². The molecule has 94 valence electrons. The van der Waals surface area contributed by atoms with Crippen molar-refractivity contribution in [2.24, 2.45) is 10.8 Å². The monoisotopic (exact) mass is 240 g/mol. The number of nitrogens with zero attached hydrogens (tertiary/aromatic N) is 2. The van der Waals surface area contributed by atoms with Gasteiger partial charge in [0.05, 0.1) is 13.2 Å². The van der Waals surface area contributed by atoms with E-state index in [0.29, 0.717) is 24.8 Å². The number of benzene rings is 1. The van der Waals surface area contributed by atoms with Crippen LogP contribution in [-0.2, 0) is 4.74 Å². The van der Waals surface area contributed by atoms with Gasteiger partial charge in [-0.25, -0.2) is 15.2 Å². The number of methoxy groups -OCH3 is 1. The third-order valence-electron chi connectivity index (χ3n) is 2.20. The Morgan fingerprint density at radius 3 is 2.94 bits per heavy atom. The van der Waals surface area contributed by atoms with Crippen LogP contribution in [0.25, 0.3) is 0 Å². The third kappa shape index (κ3) is 4.01. The van der Waals surface area contributed by atoms with Gasteiger partial charge >= 0.3 is 0 Å². The van der Waals surface area contributed by atoms with Gasteiger partial charge in [-0.05, 0) is 18.2 Å². The minimum Gasteiger partial charge on any atom is -0.383 e. The Balaban J connectivity index is 2.78. The number of anilines is 1. The second-order valence-corrected chi connectivity index (χ2v) is 3.38. The van der Waals surface area contributed by atoms with E-state index < -0.39 is 0 Å². The molecule has 5 nitrogen and oxygen atoms in total. The normalized spacial score (nSPS) is 11.4. The number of ether oxygens (including phenoxy) is 1. The first-order chi connectivity index (χ1) is 8.19. The third-order valence-corrected chi connectivity index (χ3v) is 2.20. The molecule has 0 amide bonds. The van der Waals surface area contributed by atoms with Crippen molar-refractivity contribution in [1.82, 2.24) is 5.43 Å². The molecule has 6 heteroatoms. The standard InChI is InChI=1S/C11H17FN4O/c1-16(10-5-3-4-9(12)8-10)11(15-13)14-6-7-17-2/h3-5,8H,6-7,13H2,1-2H3,(H,14,15). The van der Waals surface area contributed by atoms with Crippen LogP contribution in [0.3, 0.4) is 0 Å². The van der Waals surface area contributed by atoms with Crippen molar-refractivity contribution in [3.8, 4) is 0 Å². The molecule has 1 aromatic carbocycles. The number of guanidine groups is 1. The van der Waals surface area contributed by atoms with Crippen LogP contribution in [0.1, 0.15) is 0 Å². The number of nitrogens with two attached hydrogens (primary N) is 1. The van der Waals surface area contributed by atoms with Gasteiger partial charge in [-0.2, -0.15) is 0 Å². The molecule has 0 aromatic heterocycles. The van der Waals surface area contributed by atoms with E-state index in [1.165, 1.54) is 12.1 Å². The first-order valence-electron chi connectivity index (χ1n) is 5.18. The van der Waals surface area contributed by atoms with Gasteiger partial charge in [0.2, 0.25) is 5.96 Å². The quantitative estimate of drug-likeness (QED) is 0.268. The van der Waals surface area contributed by atoms with E-state index in [1.807, 2.05) is 0 Å². The Kier molecular flexibility index (Phi) is 5.38. The van der Waals surface area contributed by atoms with Crippen LogP contribution in [0.5, 0.6) is 0 Å². The second-order valence-electron chi connectivity index (χ2n) is 3.38. The largest absolute Gasteiger partial charge is 0.383 e. The molecule has 0 radical (unpaired) electrons. The van der Waals surface area contributed by atoms with Crippen molar-refractivity contribution in [2.75, 3.05) is 32.2 Å². The summed E-state index contributed by atoms with van der Waals surface area (Å²) in [4.78, 5) is 5.86. The number of aliphatic imine (C=N–C) groups is 1. The molecular weight excluding hydrogens is 223 g/mol. The molecule has 0 spiro atoms. The van der Waals surface area contributed by atoms with Crippen molar-refractivity contribution in [3.05, 3.63) is 30.1 Å². The van der Waals surface area contributed by atoms with Gasteiger partial charge in [0.15, 0.2) is 0 Å². The maximum atomic E-state index is 13.1. The molecule has 3 N–H and O–H groups in total. The van der Waals surface area contributed by atoms with Gasteiger partial charge in [0.1, 0.15) is 5.82 Å². The zero-order valence-electron chi connectivity index (χ0n) is 9.98. The van der Waals surface area contributed by atoms with Gasteiger partial charge in [0.25, 0.3) is 0 Å². The lowest BCUT2D eigenvalue weighted by molar-refractivity contribution is 0.208. The van der Waals surface area contributed by atoms with E-state index in [-0.39, 0.29) is 5.82 Å². The lowest BCUT2D eigenvalue weighted by Crippen LogP contribution is -2.43. The Bertz CT molecular complexity index is 383. The van der Waals surface area contributed by atoms with Crippen molar-refractivity contribution in [1.29, 1.82) is 0 Å². The molecular formula is C11H17FN4O. The van der Waals surface area contributed by atoms with Gasteiger partial charge in [0, 0.05) is 19.8 Å². The lowest BCUT2D eigenvalue weighted by atomic mass is 10.3. The first kappa shape index (κ1) is 13.4. The summed E-state index contributed by atoms with van der Waals surface area (Å²) in [5.41, 5.74) is 3.14. The average Bonchev–Trinajstić information content (AvgIpc) is 2.34. The Morgan fingerprint density at radius 2 is 2.35 bits per heavy atom. The van der Waals surface area contributed by atoms with Crippen LogP contribution < -0.4 is 16.2 Å². The van der Waals surface area contributed by atoms with Crippen molar-refractivity contribution in [2.45, 2.75) is 0 Å². The number of hydrogen-bond donors (Lipinski definition) is 2. The zero-order chi connectivity index (χ0) is 12.7. The van der Waals surface area contributed by atoms with Crippen LogP contribution in [0.15, 0.2) is 29.3 Å². The average molecular weight is 240 g/mol. The fraction of sp³-hybridized carbons (Fsp3) is 0.364. The van der Waals surface area contributed by atoms with Gasteiger partial charge < -0.3 is 9.64 Å². The molecule has 0 saturated carbocycles. The molecule has 1 rings (SSSR count). The minimum atomic E-state index is -0.303. The maximum absolute atomic E-state index is 13.1. The highest BCUT2D eigenvalue weighted by molar-refractivity contribution is 5.95. The van der Waals surface area contributed by atoms with E-state index in [1.54, 1.807) is 31.2 Å². The summed E-state index contributed by atoms with van der Waals surface area (Å²) < 4.78 is 18.0. The van der Waals surface area contributed by atoms with Gasteiger partial charge in [-0.15, -0.1) is 0 Å². The summed E-state index contributed by atoms with van der Waals surface area (Å²) in [6, 6.07) is 6.19. The summed E-state index contributed by atoms with van der Waals surface area (Å²) in [7, 11) is 3.35. The number of hydrogen-bond acceptors (Lipinski definition) is 3. The summed E-state index contributed by atoms with van der Waals surface area (Å²) in [5.74, 6) is 5.52. The van der Waals surface area contributed by atoms with Crippen LogP contribution in [0.4, 0.5) is 10.1 Å². The molecule has 0 unspecified atom stereocenters. The summed E-state index contributed by atoms with van der Waals surface area (Å²) in [5, 5.41) is 0. The summed E-state index contributed by atoms with van der Waals surface area (Å²) >= 11 is 0. The lowest BCUT2D eigenvalue weighted by Gasteiger charge is -2.20. The number of halogens is 1. The molecule has 0 fully saturated rings. The van der Waals surface area contributed by atoms with E-state index in [0.717, 1.165) is 0 Å². The Labute approximate surface area is 100 Å². The van der Waals surface area contributed by atoms with Crippen LogP contribution in [0.2, 0.25) is 0 Å². The number of hydrazine groups is 1. The second kappa shape index (κ2) is 6.82. The number of nitrogens with one attached hydrogen (secondary N) is 1. The fourth-order valence-electron chi connectivity index (χ4n) is 1.30. The topological polar surface area (TPSA) is 62.9 Å². The molecule has 0 aliphatic carbocycles. The predicted octanol–water partition coefficient (Wildman–Crippen LogP) is 0.728. The van der Waals surface area contributed by atoms with E-state index >= 15 is 0 Å². The van der Waals surface area contributed by atoms with Crippen LogP contribution in [-0.4, -0.2) is 33.3 Å². The van der Waals surface area contributed by atoms with Gasteiger partial charge in [-0.3, -0.25) is 5.43 Å². The smallest absolute Gasteiger partial charge is 0.212 e. The van der Waals surface area contributed by atoms with Crippen molar-refractivity contribution >= 4 is 11.6 Å². The molecule has 1 aromatic rings. The molecule has 0 aliphatic heterocycles. The van der Waals surface area contributed by atoms with E-state index in [2.05, 4.69) is 10.4 Å². The minimum absolute atomic E-state index is 0.303. The van der Waals surface area contributed by atoms with E-state index in [4.69, 9.17) is 10.6 Å². The van der Waals surface area contributed by atoms with Crippen LogP contribution >= 0.6 is 0 Å². The summed E-state index contributed by atoms with van der Waals surface area (Å²) in [6.45, 7) is 0.984. The first-order valence-corrected chi connectivity index (χ1v) is 5.18. The molecule has 0 saturated heterocycles. The zero-order valence-corrected chi connectivity index (χ0v) is 9.98. The molecule has 0 aliphatic rings. The number of rotatable bonds is 4. The highest BCUT2D eigenvalue weighted by Crippen LogP contribution is 2.13. The maximum Gasteiger partial charge on any atom is 0.212 e. The van der Waals surface area contributed by atoms with Crippen molar-refractivity contribution in [3.63, 3.8) is 0 Å². The van der Waals surface area contributed by atoms with E-state index in [9.17, 15) is 4.39 Å². The fourth-order valence-corrected chi connectivity index (χ4v) is 1.30.